The lowest BCUT2D eigenvalue weighted by Crippen LogP contribution is -2.48. The fourth-order valence-corrected chi connectivity index (χ4v) is 4.62. The number of piperidine rings is 2. The molecule has 0 radical (unpaired) electrons. The van der Waals surface area contributed by atoms with Crippen molar-refractivity contribution in [1.29, 1.82) is 0 Å². The predicted octanol–water partition coefficient (Wildman–Crippen LogP) is 3.25. The van der Waals surface area contributed by atoms with Crippen molar-refractivity contribution in [1.82, 2.24) is 14.8 Å². The first-order valence-corrected chi connectivity index (χ1v) is 9.54. The Morgan fingerprint density at radius 3 is 2.58 bits per heavy atom. The van der Waals surface area contributed by atoms with Gasteiger partial charge in [0.2, 0.25) is 0 Å². The quantitative estimate of drug-likeness (QED) is 0.857. The Labute approximate surface area is 146 Å². The van der Waals surface area contributed by atoms with Crippen molar-refractivity contribution >= 4 is 17.2 Å². The maximum atomic E-state index is 12.4. The Morgan fingerprint density at radius 2 is 1.96 bits per heavy atom. The third-order valence-electron chi connectivity index (χ3n) is 5.64. The number of hydrogen-bond donors (Lipinski definition) is 0. The number of carbonyl (C=O) groups excluding carboxylic acids is 1. The summed E-state index contributed by atoms with van der Waals surface area (Å²) in [6, 6.07) is 1.75. The van der Waals surface area contributed by atoms with Gasteiger partial charge in [0.25, 0.3) is 5.91 Å². The van der Waals surface area contributed by atoms with Crippen molar-refractivity contribution < 1.29 is 9.21 Å². The summed E-state index contributed by atoms with van der Waals surface area (Å²) < 4.78 is 5.03. The highest BCUT2D eigenvalue weighted by atomic mass is 32.1. The Hall–Kier alpha value is -1.66. The molecule has 0 N–H and O–H groups in total. The Kier molecular flexibility index (Phi) is 4.41. The molecule has 4 heterocycles. The summed E-state index contributed by atoms with van der Waals surface area (Å²) in [5.41, 5.74) is 1.11. The van der Waals surface area contributed by atoms with Crippen LogP contribution in [0.5, 0.6) is 0 Å². The monoisotopic (exact) mass is 345 g/mol. The number of likely N-dealkylation sites (tertiary alicyclic amines) is 2. The zero-order valence-corrected chi connectivity index (χ0v) is 14.6. The zero-order chi connectivity index (χ0) is 16.4. The van der Waals surface area contributed by atoms with E-state index in [0.717, 1.165) is 45.6 Å². The molecule has 2 aliphatic rings. The maximum absolute atomic E-state index is 12.4. The van der Waals surface area contributed by atoms with Gasteiger partial charge < -0.3 is 9.32 Å². The largest absolute Gasteiger partial charge is 0.472 e. The topological polar surface area (TPSA) is 49.6 Å². The van der Waals surface area contributed by atoms with Gasteiger partial charge in [0.05, 0.1) is 18.4 Å². The molecule has 1 amide bonds. The molecule has 2 aromatic rings. The van der Waals surface area contributed by atoms with Crippen molar-refractivity contribution in [3.05, 3.63) is 40.7 Å². The second-order valence-corrected chi connectivity index (χ2v) is 7.99. The molecule has 0 bridgehead atoms. The number of aromatic nitrogens is 1. The minimum absolute atomic E-state index is 0.111. The minimum Gasteiger partial charge on any atom is -0.472 e. The van der Waals surface area contributed by atoms with Gasteiger partial charge >= 0.3 is 0 Å². The van der Waals surface area contributed by atoms with Gasteiger partial charge in [0, 0.05) is 24.7 Å². The highest BCUT2D eigenvalue weighted by Gasteiger charge is 2.38. The van der Waals surface area contributed by atoms with Crippen LogP contribution in [0.3, 0.4) is 0 Å². The van der Waals surface area contributed by atoms with E-state index in [-0.39, 0.29) is 5.91 Å². The number of hydrogen-bond acceptors (Lipinski definition) is 5. The number of thiazole rings is 1. The van der Waals surface area contributed by atoms with Crippen molar-refractivity contribution in [3.8, 4) is 0 Å². The lowest BCUT2D eigenvalue weighted by molar-refractivity contribution is 0.0284. The van der Waals surface area contributed by atoms with E-state index >= 15 is 0 Å². The molecule has 128 valence electrons. The smallest absolute Gasteiger partial charge is 0.257 e. The van der Waals surface area contributed by atoms with Crippen molar-refractivity contribution in [3.63, 3.8) is 0 Å². The molecule has 2 saturated heterocycles. The molecule has 2 aromatic heterocycles. The summed E-state index contributed by atoms with van der Waals surface area (Å²) in [6.45, 7) is 5.02. The molecule has 6 heteroatoms. The normalized spacial score (nSPS) is 21.2. The Morgan fingerprint density at radius 1 is 1.21 bits per heavy atom. The van der Waals surface area contributed by atoms with E-state index < -0.39 is 0 Å². The SMILES string of the molecule is O=C(c1ccoc1)N1CCC2(CCN(Cc3nccs3)CC2)CC1. The highest BCUT2D eigenvalue weighted by molar-refractivity contribution is 7.09. The average Bonchev–Trinajstić information content (AvgIpc) is 3.31. The molecule has 2 fully saturated rings. The van der Waals surface area contributed by atoms with Crippen LogP contribution in [0.15, 0.2) is 34.6 Å². The summed E-state index contributed by atoms with van der Waals surface area (Å²) in [6.07, 6.45) is 9.74. The van der Waals surface area contributed by atoms with E-state index in [2.05, 4.69) is 9.88 Å². The first-order chi connectivity index (χ1) is 11.7. The van der Waals surface area contributed by atoms with Gasteiger partial charge in [-0.25, -0.2) is 4.98 Å². The first kappa shape index (κ1) is 15.8. The van der Waals surface area contributed by atoms with Crippen LogP contribution in [-0.4, -0.2) is 46.9 Å². The third kappa shape index (κ3) is 3.26. The molecule has 5 nitrogen and oxygen atoms in total. The molecule has 0 atom stereocenters. The molecule has 0 aromatic carbocycles. The Bertz CT molecular complexity index is 651. The van der Waals surface area contributed by atoms with Crippen LogP contribution < -0.4 is 0 Å². The van der Waals surface area contributed by atoms with E-state index in [1.165, 1.54) is 17.8 Å². The maximum Gasteiger partial charge on any atom is 0.257 e. The van der Waals surface area contributed by atoms with Gasteiger partial charge in [-0.05, 0) is 50.3 Å². The van der Waals surface area contributed by atoms with Gasteiger partial charge in [-0.1, -0.05) is 0 Å². The summed E-state index contributed by atoms with van der Waals surface area (Å²) in [5.74, 6) is 0.111. The summed E-state index contributed by atoms with van der Waals surface area (Å²) >= 11 is 1.74. The van der Waals surface area contributed by atoms with E-state index in [1.54, 1.807) is 29.9 Å². The van der Waals surface area contributed by atoms with Gasteiger partial charge in [-0.15, -0.1) is 11.3 Å². The number of carbonyl (C=O) groups is 1. The van der Waals surface area contributed by atoms with Crippen LogP contribution in [-0.2, 0) is 6.54 Å². The van der Waals surface area contributed by atoms with Gasteiger partial charge in [0.1, 0.15) is 11.3 Å². The molecule has 2 aliphatic heterocycles. The molecule has 0 saturated carbocycles. The van der Waals surface area contributed by atoms with Crippen LogP contribution in [0.1, 0.15) is 41.0 Å². The van der Waals surface area contributed by atoms with Crippen molar-refractivity contribution in [2.45, 2.75) is 32.2 Å². The van der Waals surface area contributed by atoms with Crippen LogP contribution in [0.25, 0.3) is 0 Å². The van der Waals surface area contributed by atoms with Gasteiger partial charge in [-0.2, -0.15) is 0 Å². The number of nitrogens with zero attached hydrogens (tertiary/aromatic N) is 3. The minimum atomic E-state index is 0.111. The van der Waals surface area contributed by atoms with Crippen LogP contribution in [0, 0.1) is 5.41 Å². The van der Waals surface area contributed by atoms with Crippen molar-refractivity contribution in [2.75, 3.05) is 26.2 Å². The standard InChI is InChI=1S/C18H23N3O2S/c22-17(15-1-11-23-14-15)21-9-4-18(5-10-21)2-7-20(8-3-18)13-16-19-6-12-24-16/h1,6,11-12,14H,2-5,7-10,13H2. The molecule has 4 rings (SSSR count). The third-order valence-corrected chi connectivity index (χ3v) is 6.40. The van der Waals surface area contributed by atoms with Crippen LogP contribution in [0.4, 0.5) is 0 Å². The second kappa shape index (κ2) is 6.69. The summed E-state index contributed by atoms with van der Waals surface area (Å²) in [5, 5.41) is 3.26. The van der Waals surface area contributed by atoms with Crippen LogP contribution >= 0.6 is 11.3 Å². The number of rotatable bonds is 3. The molecule has 1 spiro atoms. The highest BCUT2D eigenvalue weighted by Crippen LogP contribution is 2.41. The van der Waals surface area contributed by atoms with E-state index in [1.807, 2.05) is 16.5 Å². The molecule has 0 aliphatic carbocycles. The number of furan rings is 1. The van der Waals surface area contributed by atoms with E-state index in [9.17, 15) is 4.79 Å². The van der Waals surface area contributed by atoms with E-state index in [0.29, 0.717) is 11.0 Å². The van der Waals surface area contributed by atoms with Crippen LogP contribution in [0.2, 0.25) is 0 Å². The Balaban J connectivity index is 1.29. The molecule has 24 heavy (non-hydrogen) atoms. The first-order valence-electron chi connectivity index (χ1n) is 8.66. The van der Waals surface area contributed by atoms with E-state index in [4.69, 9.17) is 4.42 Å². The number of amides is 1. The predicted molar refractivity (Wildman–Crippen MR) is 92.9 cm³/mol. The summed E-state index contributed by atoms with van der Waals surface area (Å²) in [4.78, 5) is 21.3. The summed E-state index contributed by atoms with van der Waals surface area (Å²) in [7, 11) is 0. The zero-order valence-electron chi connectivity index (χ0n) is 13.8. The van der Waals surface area contributed by atoms with Gasteiger partial charge in [0.15, 0.2) is 0 Å². The fraction of sp³-hybridized carbons (Fsp3) is 0.556. The van der Waals surface area contributed by atoms with Gasteiger partial charge in [-0.3, -0.25) is 9.69 Å². The molecular formula is C18H23N3O2S. The molecule has 0 unspecified atom stereocenters. The lowest BCUT2D eigenvalue weighted by atomic mass is 9.71. The lowest BCUT2D eigenvalue weighted by Gasteiger charge is -2.46. The second-order valence-electron chi connectivity index (χ2n) is 7.01. The fourth-order valence-electron chi connectivity index (χ4n) is 3.96. The molecular weight excluding hydrogens is 322 g/mol. The van der Waals surface area contributed by atoms with Crippen molar-refractivity contribution in [2.24, 2.45) is 5.41 Å². The average molecular weight is 345 g/mol.